The summed E-state index contributed by atoms with van der Waals surface area (Å²) in [6, 6.07) is 31.5. The van der Waals surface area contributed by atoms with Crippen LogP contribution in [0.4, 0.5) is 11.4 Å². The molecule has 1 aliphatic rings. The summed E-state index contributed by atoms with van der Waals surface area (Å²) in [6.45, 7) is 2.90. The Hall–Kier alpha value is -4.39. The Kier molecular flexibility index (Phi) is 8.29. The molecular formula is C33H30ClN3O3. The molecule has 1 unspecified atom stereocenters. The minimum absolute atomic E-state index is 0.0303. The van der Waals surface area contributed by atoms with Crippen LogP contribution in [0.25, 0.3) is 11.3 Å². The molecule has 0 saturated heterocycles. The van der Waals surface area contributed by atoms with E-state index in [0.29, 0.717) is 28.4 Å². The molecule has 0 fully saturated rings. The highest BCUT2D eigenvalue weighted by Crippen LogP contribution is 2.39. The van der Waals surface area contributed by atoms with Gasteiger partial charge in [-0.2, -0.15) is 0 Å². The fourth-order valence-electron chi connectivity index (χ4n) is 4.79. The Balaban J connectivity index is 1.45. The second kappa shape index (κ2) is 12.2. The first kappa shape index (κ1) is 27.2. The molecule has 0 bridgehead atoms. The van der Waals surface area contributed by atoms with E-state index in [1.165, 1.54) is 5.56 Å². The van der Waals surface area contributed by atoms with Gasteiger partial charge in [-0.3, -0.25) is 9.59 Å². The summed E-state index contributed by atoms with van der Waals surface area (Å²) < 4.78 is 0. The van der Waals surface area contributed by atoms with Crippen molar-refractivity contribution in [1.82, 2.24) is 5.32 Å². The van der Waals surface area contributed by atoms with Crippen molar-refractivity contribution in [2.45, 2.75) is 32.4 Å². The Morgan fingerprint density at radius 2 is 1.68 bits per heavy atom. The predicted molar refractivity (Wildman–Crippen MR) is 161 cm³/mol. The van der Waals surface area contributed by atoms with Crippen LogP contribution in [-0.2, 0) is 22.6 Å². The number of amides is 1. The van der Waals surface area contributed by atoms with Crippen LogP contribution in [0.5, 0.6) is 0 Å². The normalized spacial score (nSPS) is 14.3. The summed E-state index contributed by atoms with van der Waals surface area (Å²) in [5.41, 5.74) is 7.41. The predicted octanol–water partition coefficient (Wildman–Crippen LogP) is 7.14. The molecule has 1 amide bonds. The molecule has 0 spiro atoms. The summed E-state index contributed by atoms with van der Waals surface area (Å²) in [5.74, 6) is -1.08. The number of aryl methyl sites for hydroxylation is 1. The fraction of sp³-hybridized carbons (Fsp3) is 0.152. The molecule has 1 aliphatic heterocycles. The van der Waals surface area contributed by atoms with Gasteiger partial charge in [0.2, 0.25) is 0 Å². The highest BCUT2D eigenvalue weighted by atomic mass is 35.5. The SMILES string of the molecule is CC(NCc1ccccc1)c1ccc(NC(=C2C(=O)Nc3cc(Cl)ccc32)c2cccc(CCC(=O)O)c2)cc1. The number of anilines is 2. The van der Waals surface area contributed by atoms with Gasteiger partial charge in [-0.25, -0.2) is 0 Å². The number of carbonyl (C=O) groups is 2. The maximum atomic E-state index is 13.2. The second-order valence-corrected chi connectivity index (χ2v) is 10.3. The van der Waals surface area contributed by atoms with Crippen molar-refractivity contribution >= 4 is 46.1 Å². The second-order valence-electron chi connectivity index (χ2n) is 9.82. The van der Waals surface area contributed by atoms with Crippen LogP contribution in [0.1, 0.15) is 47.2 Å². The van der Waals surface area contributed by atoms with E-state index in [2.05, 4.69) is 47.1 Å². The van der Waals surface area contributed by atoms with Gasteiger partial charge in [0.15, 0.2) is 0 Å². The third-order valence-corrected chi connectivity index (χ3v) is 7.19. The number of aliphatic carboxylic acids is 1. The summed E-state index contributed by atoms with van der Waals surface area (Å²) in [5, 5.41) is 19.7. The van der Waals surface area contributed by atoms with Crippen molar-refractivity contribution < 1.29 is 14.7 Å². The number of fused-ring (bicyclic) bond motifs is 1. The van der Waals surface area contributed by atoms with Crippen LogP contribution in [-0.4, -0.2) is 17.0 Å². The number of hydrogen-bond acceptors (Lipinski definition) is 4. The van der Waals surface area contributed by atoms with E-state index in [0.717, 1.165) is 34.5 Å². The average Bonchev–Trinajstić information content (AvgIpc) is 3.28. The zero-order valence-corrected chi connectivity index (χ0v) is 22.8. The van der Waals surface area contributed by atoms with Gasteiger partial charge in [-0.05, 0) is 65.9 Å². The van der Waals surface area contributed by atoms with Crippen LogP contribution in [0.2, 0.25) is 5.02 Å². The van der Waals surface area contributed by atoms with Crippen molar-refractivity contribution in [2.24, 2.45) is 0 Å². The summed E-state index contributed by atoms with van der Waals surface area (Å²) in [7, 11) is 0. The molecule has 4 N–H and O–H groups in total. The van der Waals surface area contributed by atoms with Crippen molar-refractivity contribution in [3.05, 3.63) is 130 Å². The first-order chi connectivity index (χ1) is 19.4. The Morgan fingerprint density at radius 3 is 2.42 bits per heavy atom. The van der Waals surface area contributed by atoms with E-state index in [-0.39, 0.29) is 18.4 Å². The van der Waals surface area contributed by atoms with E-state index in [9.17, 15) is 9.59 Å². The molecule has 1 heterocycles. The molecule has 1 atom stereocenters. The van der Waals surface area contributed by atoms with Crippen LogP contribution in [0.15, 0.2) is 97.1 Å². The number of hydrogen-bond donors (Lipinski definition) is 4. The van der Waals surface area contributed by atoms with E-state index in [1.54, 1.807) is 12.1 Å². The van der Waals surface area contributed by atoms with Crippen molar-refractivity contribution in [3.63, 3.8) is 0 Å². The lowest BCUT2D eigenvalue weighted by Crippen LogP contribution is -2.18. The Morgan fingerprint density at radius 1 is 0.925 bits per heavy atom. The molecule has 4 aromatic rings. The van der Waals surface area contributed by atoms with Gasteiger partial charge in [0.1, 0.15) is 0 Å². The molecule has 0 aromatic heterocycles. The molecule has 5 rings (SSSR count). The van der Waals surface area contributed by atoms with Crippen molar-refractivity contribution in [3.8, 4) is 0 Å². The summed E-state index contributed by atoms with van der Waals surface area (Å²) in [6.07, 6.45) is 0.426. The van der Waals surface area contributed by atoms with E-state index in [4.69, 9.17) is 16.7 Å². The number of halogens is 1. The zero-order valence-electron chi connectivity index (χ0n) is 22.1. The highest BCUT2D eigenvalue weighted by molar-refractivity contribution is 6.38. The summed E-state index contributed by atoms with van der Waals surface area (Å²) in [4.78, 5) is 24.4. The first-order valence-electron chi connectivity index (χ1n) is 13.2. The van der Waals surface area contributed by atoms with Gasteiger partial charge >= 0.3 is 5.97 Å². The van der Waals surface area contributed by atoms with Crippen LogP contribution in [0, 0.1) is 0 Å². The standard InChI is InChI=1S/C33H30ClN3O3/c1-21(35-20-23-6-3-2-4-7-23)24-11-14-27(15-12-24)36-32(25-9-5-8-22(18-25)10-17-30(38)39)31-28-16-13-26(34)19-29(28)37-33(31)40/h2-9,11-16,18-19,21,35-36H,10,17,20H2,1H3,(H,37,40)(H,38,39). The fourth-order valence-corrected chi connectivity index (χ4v) is 4.96. The average molecular weight is 552 g/mol. The third-order valence-electron chi connectivity index (χ3n) is 6.95. The van der Waals surface area contributed by atoms with Gasteiger partial charge in [-0.15, -0.1) is 0 Å². The topological polar surface area (TPSA) is 90.5 Å². The Bertz CT molecular complexity index is 1570. The molecule has 0 aliphatic carbocycles. The molecule has 0 radical (unpaired) electrons. The molecule has 0 saturated carbocycles. The zero-order chi connectivity index (χ0) is 28.1. The lowest BCUT2D eigenvalue weighted by Gasteiger charge is -2.18. The smallest absolute Gasteiger partial charge is 0.303 e. The van der Waals surface area contributed by atoms with Crippen LogP contribution >= 0.6 is 11.6 Å². The number of benzene rings is 4. The van der Waals surface area contributed by atoms with E-state index >= 15 is 0 Å². The summed E-state index contributed by atoms with van der Waals surface area (Å²) >= 11 is 6.19. The minimum atomic E-state index is -0.851. The van der Waals surface area contributed by atoms with Crippen LogP contribution in [0.3, 0.4) is 0 Å². The lowest BCUT2D eigenvalue weighted by atomic mass is 9.97. The molecule has 202 valence electrons. The lowest BCUT2D eigenvalue weighted by molar-refractivity contribution is -0.137. The van der Waals surface area contributed by atoms with E-state index < -0.39 is 5.97 Å². The number of carboxylic acid groups (broad SMARTS) is 1. The number of carboxylic acids is 1. The molecule has 4 aromatic carbocycles. The molecule has 7 heteroatoms. The molecule has 40 heavy (non-hydrogen) atoms. The van der Waals surface area contributed by atoms with Gasteiger partial charge in [0, 0.05) is 35.3 Å². The molecule has 6 nitrogen and oxygen atoms in total. The quantitative estimate of drug-likeness (QED) is 0.157. The number of rotatable bonds is 10. The van der Waals surface area contributed by atoms with Crippen molar-refractivity contribution in [1.29, 1.82) is 0 Å². The van der Waals surface area contributed by atoms with Gasteiger partial charge < -0.3 is 21.1 Å². The number of carbonyl (C=O) groups excluding carboxylic acids is 1. The molecular weight excluding hydrogens is 522 g/mol. The van der Waals surface area contributed by atoms with E-state index in [1.807, 2.05) is 60.7 Å². The van der Waals surface area contributed by atoms with Gasteiger partial charge in [-0.1, -0.05) is 78.3 Å². The van der Waals surface area contributed by atoms with Crippen molar-refractivity contribution in [2.75, 3.05) is 10.6 Å². The first-order valence-corrected chi connectivity index (χ1v) is 13.6. The Labute approximate surface area is 238 Å². The monoisotopic (exact) mass is 551 g/mol. The maximum absolute atomic E-state index is 13.2. The van der Waals surface area contributed by atoms with Crippen LogP contribution < -0.4 is 16.0 Å². The number of nitrogens with one attached hydrogen (secondary N) is 3. The minimum Gasteiger partial charge on any atom is -0.481 e. The van der Waals surface area contributed by atoms with Gasteiger partial charge in [0.25, 0.3) is 5.91 Å². The maximum Gasteiger partial charge on any atom is 0.303 e. The third kappa shape index (κ3) is 6.42. The highest BCUT2D eigenvalue weighted by Gasteiger charge is 2.28. The largest absolute Gasteiger partial charge is 0.481 e. The van der Waals surface area contributed by atoms with Gasteiger partial charge in [0.05, 0.1) is 17.0 Å².